The fourth-order valence-corrected chi connectivity index (χ4v) is 3.23. The molecule has 7 nitrogen and oxygen atoms in total. The summed E-state index contributed by atoms with van der Waals surface area (Å²) in [6, 6.07) is -0.149. The number of alkyl carbamates (subject to hydrolysis) is 1. The highest BCUT2D eigenvalue weighted by atomic mass is 16.5. The minimum Gasteiger partial charge on any atom is -0.450 e. The van der Waals surface area contributed by atoms with Gasteiger partial charge in [-0.15, -0.1) is 0 Å². The van der Waals surface area contributed by atoms with E-state index >= 15 is 0 Å². The minimum atomic E-state index is -0.449. The van der Waals surface area contributed by atoms with Gasteiger partial charge in [0.25, 0.3) is 0 Å². The number of piperidine rings is 1. The summed E-state index contributed by atoms with van der Waals surface area (Å²) in [6.07, 6.45) is 3.14. The topological polar surface area (TPSA) is 87.7 Å². The van der Waals surface area contributed by atoms with Crippen molar-refractivity contribution in [3.8, 4) is 0 Å². The first-order chi connectivity index (χ1) is 12.4. The third-order valence-electron chi connectivity index (χ3n) is 4.56. The van der Waals surface area contributed by atoms with Crippen molar-refractivity contribution in [1.29, 1.82) is 0 Å². The summed E-state index contributed by atoms with van der Waals surface area (Å²) in [6.45, 7) is 9.91. The number of rotatable bonds is 9. The predicted molar refractivity (Wildman–Crippen MR) is 101 cm³/mol. The van der Waals surface area contributed by atoms with Gasteiger partial charge in [0.05, 0.1) is 6.61 Å². The van der Waals surface area contributed by atoms with Gasteiger partial charge in [0.1, 0.15) is 0 Å². The zero-order valence-electron chi connectivity index (χ0n) is 16.7. The lowest BCUT2D eigenvalue weighted by Gasteiger charge is -2.31. The van der Waals surface area contributed by atoms with Gasteiger partial charge in [-0.1, -0.05) is 20.8 Å². The molecular formula is C19H35N3O4. The molecule has 2 N–H and O–H groups in total. The predicted octanol–water partition coefficient (Wildman–Crippen LogP) is 2.30. The number of likely N-dealkylation sites (tertiary alicyclic amines) is 1. The highest BCUT2D eigenvalue weighted by molar-refractivity contribution is 5.80. The van der Waals surface area contributed by atoms with Crippen LogP contribution in [0.15, 0.2) is 0 Å². The van der Waals surface area contributed by atoms with Crippen LogP contribution in [-0.2, 0) is 14.3 Å². The van der Waals surface area contributed by atoms with E-state index in [2.05, 4.69) is 24.5 Å². The smallest absolute Gasteiger partial charge is 0.407 e. The Balaban J connectivity index is 2.42. The molecule has 0 aromatic heterocycles. The highest BCUT2D eigenvalue weighted by Gasteiger charge is 2.27. The van der Waals surface area contributed by atoms with Crippen molar-refractivity contribution in [2.24, 2.45) is 11.8 Å². The Labute approximate surface area is 157 Å². The van der Waals surface area contributed by atoms with Crippen LogP contribution in [0.1, 0.15) is 59.8 Å². The molecule has 26 heavy (non-hydrogen) atoms. The second-order valence-corrected chi connectivity index (χ2v) is 7.34. The molecule has 1 saturated heterocycles. The molecule has 0 aliphatic carbocycles. The van der Waals surface area contributed by atoms with Crippen molar-refractivity contribution < 1.29 is 19.1 Å². The molecule has 1 unspecified atom stereocenters. The van der Waals surface area contributed by atoms with Crippen LogP contribution in [0.3, 0.4) is 0 Å². The standard InChI is InChI=1S/C19H35N3O4/c1-5-7-17(23)22-10-8-15(9-11-22)18(24)20-13-16(12-14(3)4)21-19(25)26-6-2/h14-16H,5-13H2,1-4H3,(H,20,24)(H,21,25). The first kappa shape index (κ1) is 22.3. The van der Waals surface area contributed by atoms with Crippen molar-refractivity contribution in [1.82, 2.24) is 15.5 Å². The largest absolute Gasteiger partial charge is 0.450 e. The van der Waals surface area contributed by atoms with E-state index in [-0.39, 0.29) is 23.8 Å². The maximum absolute atomic E-state index is 12.4. The summed E-state index contributed by atoms with van der Waals surface area (Å²) in [4.78, 5) is 37.9. The fourth-order valence-electron chi connectivity index (χ4n) is 3.23. The van der Waals surface area contributed by atoms with Gasteiger partial charge in [0.15, 0.2) is 0 Å². The Hall–Kier alpha value is -1.79. The van der Waals surface area contributed by atoms with Crippen LogP contribution in [0, 0.1) is 11.8 Å². The number of hydrogen-bond acceptors (Lipinski definition) is 4. The number of carbonyl (C=O) groups is 3. The van der Waals surface area contributed by atoms with Gasteiger partial charge in [-0.25, -0.2) is 4.79 Å². The molecule has 0 aromatic carbocycles. The van der Waals surface area contributed by atoms with E-state index in [1.807, 2.05) is 11.8 Å². The molecule has 0 aromatic rings. The average Bonchev–Trinajstić information content (AvgIpc) is 2.59. The summed E-state index contributed by atoms with van der Waals surface area (Å²) in [5.74, 6) is 0.517. The second kappa shape index (κ2) is 11.8. The van der Waals surface area contributed by atoms with E-state index < -0.39 is 6.09 Å². The molecule has 150 valence electrons. The molecule has 1 heterocycles. The number of hydrogen-bond donors (Lipinski definition) is 2. The van der Waals surface area contributed by atoms with Crippen LogP contribution in [0.2, 0.25) is 0 Å². The van der Waals surface area contributed by atoms with E-state index in [0.717, 1.165) is 12.8 Å². The SMILES string of the molecule is CCCC(=O)N1CCC(C(=O)NCC(CC(C)C)NC(=O)OCC)CC1. The van der Waals surface area contributed by atoms with Gasteiger partial charge in [0, 0.05) is 38.0 Å². The fraction of sp³-hybridized carbons (Fsp3) is 0.842. The normalized spacial score (nSPS) is 16.3. The van der Waals surface area contributed by atoms with E-state index in [1.165, 1.54) is 0 Å². The molecule has 1 aliphatic heterocycles. The monoisotopic (exact) mass is 369 g/mol. The molecule has 3 amide bonds. The Morgan fingerprint density at radius 2 is 1.81 bits per heavy atom. The van der Waals surface area contributed by atoms with E-state index in [1.54, 1.807) is 6.92 Å². The van der Waals surface area contributed by atoms with E-state index in [0.29, 0.717) is 51.4 Å². The number of ether oxygens (including phenoxy) is 1. The summed E-state index contributed by atoms with van der Waals surface area (Å²) in [7, 11) is 0. The molecule has 1 fully saturated rings. The highest BCUT2D eigenvalue weighted by Crippen LogP contribution is 2.18. The van der Waals surface area contributed by atoms with Crippen LogP contribution in [0.25, 0.3) is 0 Å². The minimum absolute atomic E-state index is 0.00649. The van der Waals surface area contributed by atoms with Crippen LogP contribution in [0.4, 0.5) is 4.79 Å². The van der Waals surface area contributed by atoms with Crippen LogP contribution < -0.4 is 10.6 Å². The molecular weight excluding hydrogens is 334 g/mol. The Bertz CT molecular complexity index is 460. The van der Waals surface area contributed by atoms with Crippen molar-refractivity contribution in [2.75, 3.05) is 26.2 Å². The number of carbonyl (C=O) groups excluding carboxylic acids is 3. The Morgan fingerprint density at radius 3 is 2.35 bits per heavy atom. The first-order valence-corrected chi connectivity index (χ1v) is 9.86. The van der Waals surface area contributed by atoms with Gasteiger partial charge < -0.3 is 20.3 Å². The quantitative estimate of drug-likeness (QED) is 0.653. The summed E-state index contributed by atoms with van der Waals surface area (Å²) >= 11 is 0. The molecule has 1 atom stereocenters. The maximum Gasteiger partial charge on any atom is 0.407 e. The van der Waals surface area contributed by atoms with Gasteiger partial charge >= 0.3 is 6.09 Å². The van der Waals surface area contributed by atoms with Crippen molar-refractivity contribution >= 4 is 17.9 Å². The molecule has 1 rings (SSSR count). The lowest BCUT2D eigenvalue weighted by atomic mass is 9.95. The van der Waals surface area contributed by atoms with Gasteiger partial charge in [-0.05, 0) is 38.5 Å². The zero-order chi connectivity index (χ0) is 19.5. The lowest BCUT2D eigenvalue weighted by Crippen LogP contribution is -2.47. The van der Waals surface area contributed by atoms with Gasteiger partial charge in [0.2, 0.25) is 11.8 Å². The number of amides is 3. The zero-order valence-corrected chi connectivity index (χ0v) is 16.7. The Kier molecular flexibility index (Phi) is 10.1. The van der Waals surface area contributed by atoms with E-state index in [4.69, 9.17) is 4.74 Å². The summed E-state index contributed by atoms with van der Waals surface area (Å²) < 4.78 is 4.93. The number of nitrogens with zero attached hydrogens (tertiary/aromatic N) is 1. The van der Waals surface area contributed by atoms with Crippen molar-refractivity contribution in [2.45, 2.75) is 65.8 Å². The number of nitrogens with one attached hydrogen (secondary N) is 2. The summed E-state index contributed by atoms with van der Waals surface area (Å²) in [5.41, 5.74) is 0. The van der Waals surface area contributed by atoms with Crippen LogP contribution in [-0.4, -0.2) is 55.1 Å². The molecule has 0 saturated carbocycles. The van der Waals surface area contributed by atoms with Crippen LogP contribution >= 0.6 is 0 Å². The molecule has 0 bridgehead atoms. The van der Waals surface area contributed by atoms with Gasteiger partial charge in [-0.3, -0.25) is 9.59 Å². The third kappa shape index (κ3) is 8.06. The summed E-state index contributed by atoms with van der Waals surface area (Å²) in [5, 5.41) is 5.78. The maximum atomic E-state index is 12.4. The third-order valence-corrected chi connectivity index (χ3v) is 4.56. The second-order valence-electron chi connectivity index (χ2n) is 7.34. The van der Waals surface area contributed by atoms with Crippen molar-refractivity contribution in [3.05, 3.63) is 0 Å². The molecule has 7 heteroatoms. The molecule has 1 aliphatic rings. The van der Waals surface area contributed by atoms with Crippen molar-refractivity contribution in [3.63, 3.8) is 0 Å². The van der Waals surface area contributed by atoms with Crippen LogP contribution in [0.5, 0.6) is 0 Å². The first-order valence-electron chi connectivity index (χ1n) is 9.86. The molecule has 0 radical (unpaired) electrons. The molecule has 0 spiro atoms. The lowest BCUT2D eigenvalue weighted by molar-refractivity contribution is -0.135. The average molecular weight is 370 g/mol. The van der Waals surface area contributed by atoms with E-state index in [9.17, 15) is 14.4 Å². The van der Waals surface area contributed by atoms with Gasteiger partial charge in [-0.2, -0.15) is 0 Å². The Morgan fingerprint density at radius 1 is 1.15 bits per heavy atom.